The maximum absolute atomic E-state index is 10.8. The maximum atomic E-state index is 10.8. The molecule has 0 atom stereocenters. The maximum Gasteiger partial charge on any atom is 0.384 e. The molecule has 0 aliphatic heterocycles. The van der Waals surface area contributed by atoms with Gasteiger partial charge < -0.3 is 4.52 Å². The van der Waals surface area contributed by atoms with E-state index in [1.54, 1.807) is 13.0 Å². The first-order chi connectivity index (χ1) is 4.99. The van der Waals surface area contributed by atoms with Crippen molar-refractivity contribution in [2.75, 3.05) is 0 Å². The summed E-state index contributed by atoms with van der Waals surface area (Å²) in [5.74, 6) is 0.598. The molecule has 0 aromatic rings. The van der Waals surface area contributed by atoms with Gasteiger partial charge in [0.05, 0.1) is 0 Å². The van der Waals surface area contributed by atoms with Crippen LogP contribution in [0, 0.1) is 0 Å². The SMILES string of the molecule is CC=C(CCC)OP(N)(N)=O. The van der Waals surface area contributed by atoms with Crippen molar-refractivity contribution in [3.8, 4) is 0 Å². The molecule has 0 radical (unpaired) electrons. The Morgan fingerprint density at radius 3 is 2.45 bits per heavy atom. The van der Waals surface area contributed by atoms with Gasteiger partial charge in [0.2, 0.25) is 0 Å². The molecular weight excluding hydrogens is 163 g/mol. The zero-order valence-electron chi connectivity index (χ0n) is 6.91. The van der Waals surface area contributed by atoms with Crippen molar-refractivity contribution in [1.82, 2.24) is 0 Å². The first kappa shape index (κ1) is 10.7. The quantitative estimate of drug-likeness (QED) is 0.507. The summed E-state index contributed by atoms with van der Waals surface area (Å²) in [7, 11) is -3.34. The Labute approximate surface area is 67.2 Å². The molecule has 0 aromatic carbocycles. The Morgan fingerprint density at radius 1 is 1.64 bits per heavy atom. The molecule has 0 unspecified atom stereocenters. The summed E-state index contributed by atoms with van der Waals surface area (Å²) in [6, 6.07) is 0. The van der Waals surface area contributed by atoms with Crippen LogP contribution in [-0.4, -0.2) is 0 Å². The fourth-order valence-corrected chi connectivity index (χ4v) is 1.24. The van der Waals surface area contributed by atoms with Crippen LogP contribution in [0.3, 0.4) is 0 Å². The van der Waals surface area contributed by atoms with Crippen molar-refractivity contribution in [1.29, 1.82) is 0 Å². The lowest BCUT2D eigenvalue weighted by Crippen LogP contribution is -2.07. The van der Waals surface area contributed by atoms with Gasteiger partial charge in [-0.3, -0.25) is 0 Å². The third-order valence-corrected chi connectivity index (χ3v) is 1.60. The van der Waals surface area contributed by atoms with Crippen LogP contribution >= 0.6 is 7.67 Å². The van der Waals surface area contributed by atoms with Gasteiger partial charge in [-0.2, -0.15) is 0 Å². The van der Waals surface area contributed by atoms with Crippen LogP contribution in [-0.2, 0) is 9.09 Å². The second-order valence-corrected chi connectivity index (χ2v) is 3.71. The van der Waals surface area contributed by atoms with Crippen molar-refractivity contribution in [3.05, 3.63) is 11.8 Å². The van der Waals surface area contributed by atoms with E-state index in [0.717, 1.165) is 12.8 Å². The van der Waals surface area contributed by atoms with Crippen molar-refractivity contribution in [2.24, 2.45) is 11.0 Å². The summed E-state index contributed by atoms with van der Waals surface area (Å²) in [6.45, 7) is 3.78. The molecule has 4 N–H and O–H groups in total. The lowest BCUT2D eigenvalue weighted by atomic mass is 10.3. The summed E-state index contributed by atoms with van der Waals surface area (Å²) in [5.41, 5.74) is 10.0. The first-order valence-corrected chi connectivity index (χ1v) is 5.28. The molecule has 0 rings (SSSR count). The molecule has 0 aliphatic carbocycles. The third kappa shape index (κ3) is 6.10. The van der Waals surface area contributed by atoms with Crippen LogP contribution in [0.2, 0.25) is 0 Å². The highest BCUT2D eigenvalue weighted by Gasteiger charge is 2.10. The zero-order valence-corrected chi connectivity index (χ0v) is 7.80. The Bertz CT molecular complexity index is 185. The average molecular weight is 178 g/mol. The molecule has 66 valence electrons. The van der Waals surface area contributed by atoms with E-state index in [4.69, 9.17) is 15.5 Å². The van der Waals surface area contributed by atoms with E-state index in [1.807, 2.05) is 6.92 Å². The fraction of sp³-hybridized carbons (Fsp3) is 0.667. The van der Waals surface area contributed by atoms with Gasteiger partial charge in [-0.05, 0) is 19.4 Å². The van der Waals surface area contributed by atoms with Gasteiger partial charge in [0.15, 0.2) is 0 Å². The van der Waals surface area contributed by atoms with E-state index in [0.29, 0.717) is 5.76 Å². The summed E-state index contributed by atoms with van der Waals surface area (Å²) >= 11 is 0. The molecule has 0 heterocycles. The van der Waals surface area contributed by atoms with Gasteiger partial charge in [-0.25, -0.2) is 15.6 Å². The molecule has 4 nitrogen and oxygen atoms in total. The van der Waals surface area contributed by atoms with E-state index in [2.05, 4.69) is 0 Å². The van der Waals surface area contributed by atoms with Crippen LogP contribution in [0.1, 0.15) is 26.7 Å². The normalized spacial score (nSPS) is 13.3. The smallest absolute Gasteiger partial charge is 0.384 e. The van der Waals surface area contributed by atoms with Crippen LogP contribution in [0.15, 0.2) is 11.8 Å². The van der Waals surface area contributed by atoms with Gasteiger partial charge in [0.25, 0.3) is 0 Å². The largest absolute Gasteiger partial charge is 0.427 e. The van der Waals surface area contributed by atoms with Crippen molar-refractivity contribution in [3.63, 3.8) is 0 Å². The fourth-order valence-electron chi connectivity index (χ4n) is 0.672. The van der Waals surface area contributed by atoms with Crippen molar-refractivity contribution < 1.29 is 9.09 Å². The molecule has 0 saturated carbocycles. The van der Waals surface area contributed by atoms with Gasteiger partial charge in [-0.15, -0.1) is 0 Å². The molecular formula is C6H15N2O2P. The Balaban J connectivity index is 4.01. The molecule has 11 heavy (non-hydrogen) atoms. The number of nitrogens with two attached hydrogens (primary N) is 2. The standard InChI is InChI=1S/C6H15N2O2P/c1-3-5-6(4-2)10-11(7,8)9/h4H,3,5H2,1-2H3,(H4,7,8,9). The predicted molar refractivity (Wildman–Crippen MR) is 45.7 cm³/mol. The average Bonchev–Trinajstić information content (AvgIpc) is 1.84. The van der Waals surface area contributed by atoms with E-state index >= 15 is 0 Å². The molecule has 0 spiro atoms. The van der Waals surface area contributed by atoms with Crippen LogP contribution in [0.5, 0.6) is 0 Å². The first-order valence-electron chi connectivity index (χ1n) is 3.51. The van der Waals surface area contributed by atoms with Crippen LogP contribution < -0.4 is 11.0 Å². The molecule has 0 bridgehead atoms. The molecule has 0 aromatic heterocycles. The summed E-state index contributed by atoms with van der Waals surface area (Å²) in [5, 5.41) is 0. The number of allylic oxidation sites excluding steroid dienone is 2. The van der Waals surface area contributed by atoms with Crippen LogP contribution in [0.4, 0.5) is 0 Å². The molecule has 5 heteroatoms. The topological polar surface area (TPSA) is 78.3 Å². The molecule has 0 amide bonds. The van der Waals surface area contributed by atoms with E-state index < -0.39 is 7.67 Å². The highest BCUT2D eigenvalue weighted by molar-refractivity contribution is 7.53. The number of rotatable bonds is 4. The van der Waals surface area contributed by atoms with Gasteiger partial charge in [0, 0.05) is 6.42 Å². The summed E-state index contributed by atoms with van der Waals surface area (Å²) in [4.78, 5) is 0. The lowest BCUT2D eigenvalue weighted by molar-refractivity contribution is 0.386. The van der Waals surface area contributed by atoms with Crippen molar-refractivity contribution in [2.45, 2.75) is 26.7 Å². The molecule has 0 aliphatic rings. The predicted octanol–water partition coefficient (Wildman–Crippen LogP) is 1.73. The third-order valence-electron chi connectivity index (χ3n) is 1.08. The molecule has 0 saturated heterocycles. The Hall–Kier alpha value is -0.310. The number of hydrogen-bond acceptors (Lipinski definition) is 2. The summed E-state index contributed by atoms with van der Waals surface area (Å²) < 4.78 is 15.6. The highest BCUT2D eigenvalue weighted by atomic mass is 31.2. The summed E-state index contributed by atoms with van der Waals surface area (Å²) in [6.07, 6.45) is 3.35. The highest BCUT2D eigenvalue weighted by Crippen LogP contribution is 2.31. The lowest BCUT2D eigenvalue weighted by Gasteiger charge is -2.11. The van der Waals surface area contributed by atoms with E-state index in [9.17, 15) is 4.57 Å². The zero-order chi connectivity index (χ0) is 8.91. The minimum absolute atomic E-state index is 0.598. The minimum atomic E-state index is -3.34. The Kier molecular flexibility index (Phi) is 4.42. The van der Waals surface area contributed by atoms with E-state index in [1.165, 1.54) is 0 Å². The van der Waals surface area contributed by atoms with Crippen LogP contribution in [0.25, 0.3) is 0 Å². The van der Waals surface area contributed by atoms with Gasteiger partial charge >= 0.3 is 7.67 Å². The Morgan fingerprint density at radius 2 is 2.18 bits per heavy atom. The van der Waals surface area contributed by atoms with Gasteiger partial charge in [-0.1, -0.05) is 6.92 Å². The van der Waals surface area contributed by atoms with Gasteiger partial charge in [0.1, 0.15) is 5.76 Å². The minimum Gasteiger partial charge on any atom is -0.427 e. The number of hydrogen-bond donors (Lipinski definition) is 2. The van der Waals surface area contributed by atoms with E-state index in [-0.39, 0.29) is 0 Å². The molecule has 0 fully saturated rings. The monoisotopic (exact) mass is 178 g/mol. The second-order valence-electron chi connectivity index (χ2n) is 2.24. The second kappa shape index (κ2) is 4.54. The van der Waals surface area contributed by atoms with Crippen molar-refractivity contribution >= 4 is 7.67 Å².